The molecule has 1 aliphatic carbocycles. The van der Waals surface area contributed by atoms with Crippen molar-refractivity contribution in [1.82, 2.24) is 15.0 Å². The zero-order chi connectivity index (χ0) is 21.4. The van der Waals surface area contributed by atoms with Gasteiger partial charge < -0.3 is 30.6 Å². The lowest BCUT2D eigenvalue weighted by Gasteiger charge is -2.15. The topological polar surface area (TPSA) is 160 Å². The molecule has 9 nitrogen and oxygen atoms in total. The summed E-state index contributed by atoms with van der Waals surface area (Å²) in [5.41, 5.74) is 0.754. The average Bonchev–Trinajstić information content (AvgIpc) is 2.67. The Labute approximate surface area is 170 Å². The van der Waals surface area contributed by atoms with Crippen LogP contribution in [0, 0.1) is 0 Å². The molecule has 1 aliphatic rings. The van der Waals surface area contributed by atoms with Gasteiger partial charge in [0, 0.05) is 30.2 Å². The van der Waals surface area contributed by atoms with E-state index in [9.17, 15) is 30.6 Å². The number of phenolic OH excluding ortho intramolecular Hbond substituents is 4. The first-order valence-electron chi connectivity index (χ1n) is 8.94. The van der Waals surface area contributed by atoms with Gasteiger partial charge in [0.15, 0.2) is 17.5 Å². The molecule has 0 saturated carbocycles. The molecule has 6 N–H and O–H groups in total. The van der Waals surface area contributed by atoms with Gasteiger partial charge in [0.1, 0.15) is 28.8 Å². The Morgan fingerprint density at radius 1 is 0.600 bits per heavy atom. The number of hydrogen-bond donors (Lipinski definition) is 6. The average molecular weight is 407 g/mol. The van der Waals surface area contributed by atoms with E-state index < -0.39 is 0 Å². The molecule has 2 aromatic carbocycles. The van der Waals surface area contributed by atoms with Gasteiger partial charge in [-0.3, -0.25) is 0 Å². The maximum Gasteiger partial charge on any atom is 0.167 e. The summed E-state index contributed by atoms with van der Waals surface area (Å²) in [6.45, 7) is 0. The summed E-state index contributed by atoms with van der Waals surface area (Å²) in [5, 5.41) is 59.5. The molecule has 0 saturated heterocycles. The van der Waals surface area contributed by atoms with Gasteiger partial charge in [-0.2, -0.15) is 0 Å². The molecule has 1 aromatic heterocycles. The quantitative estimate of drug-likeness (QED) is 0.381. The molecule has 0 aliphatic heterocycles. The molecule has 0 radical (unpaired) electrons. The molecule has 0 atom stereocenters. The first kappa shape index (κ1) is 19.1. The number of rotatable bonds is 3. The Morgan fingerprint density at radius 2 is 1.10 bits per heavy atom. The van der Waals surface area contributed by atoms with Crippen molar-refractivity contribution < 1.29 is 30.6 Å². The van der Waals surface area contributed by atoms with Crippen molar-refractivity contribution in [1.29, 1.82) is 0 Å². The van der Waals surface area contributed by atoms with Crippen molar-refractivity contribution in [2.24, 2.45) is 0 Å². The van der Waals surface area contributed by atoms with E-state index in [0.717, 1.165) is 12.1 Å². The van der Waals surface area contributed by atoms with Crippen LogP contribution in [0.3, 0.4) is 0 Å². The fourth-order valence-corrected chi connectivity index (χ4v) is 3.09. The van der Waals surface area contributed by atoms with E-state index in [1.54, 1.807) is 0 Å². The van der Waals surface area contributed by atoms with E-state index in [2.05, 4.69) is 15.0 Å². The lowest BCUT2D eigenvalue weighted by Crippen LogP contribution is -2.07. The summed E-state index contributed by atoms with van der Waals surface area (Å²) in [6, 6.07) is 7.82. The number of aliphatic hydroxyl groups excluding tert-OH is 2. The molecule has 0 spiro atoms. The van der Waals surface area contributed by atoms with Crippen LogP contribution in [-0.4, -0.2) is 45.6 Å². The third-order valence-corrected chi connectivity index (χ3v) is 4.59. The van der Waals surface area contributed by atoms with Crippen molar-refractivity contribution in [2.75, 3.05) is 0 Å². The minimum absolute atomic E-state index is 0.0260. The first-order valence-corrected chi connectivity index (χ1v) is 8.94. The summed E-state index contributed by atoms with van der Waals surface area (Å²) in [5.74, 6) is -0.829. The summed E-state index contributed by atoms with van der Waals surface area (Å²) < 4.78 is 0. The van der Waals surface area contributed by atoms with Crippen molar-refractivity contribution in [3.8, 4) is 45.8 Å². The fraction of sp³-hybridized carbons (Fsp3) is 0.0952. The van der Waals surface area contributed by atoms with Crippen LogP contribution in [0.1, 0.15) is 18.7 Å². The highest BCUT2D eigenvalue weighted by Crippen LogP contribution is 2.36. The van der Waals surface area contributed by atoms with E-state index in [0.29, 0.717) is 5.57 Å². The minimum atomic E-state index is -0.271. The summed E-state index contributed by atoms with van der Waals surface area (Å²) in [7, 11) is 0. The number of aliphatic hydroxyl groups is 2. The van der Waals surface area contributed by atoms with Gasteiger partial charge in [0.25, 0.3) is 0 Å². The molecule has 152 valence electrons. The maximum atomic E-state index is 10.3. The normalized spacial score (nSPS) is 13.9. The van der Waals surface area contributed by atoms with E-state index in [1.165, 1.54) is 30.3 Å². The zero-order valence-corrected chi connectivity index (χ0v) is 15.5. The van der Waals surface area contributed by atoms with Crippen molar-refractivity contribution >= 4 is 5.57 Å². The Morgan fingerprint density at radius 3 is 1.57 bits per heavy atom. The molecule has 0 amide bonds. The number of aromatic hydroxyl groups is 4. The predicted octanol–water partition coefficient (Wildman–Crippen LogP) is 3.53. The maximum absolute atomic E-state index is 10.3. The van der Waals surface area contributed by atoms with Gasteiger partial charge in [0.05, 0.1) is 16.9 Å². The Balaban J connectivity index is 1.96. The molecular weight excluding hydrogens is 390 g/mol. The van der Waals surface area contributed by atoms with E-state index >= 15 is 0 Å². The van der Waals surface area contributed by atoms with E-state index in [4.69, 9.17) is 0 Å². The fourth-order valence-electron chi connectivity index (χ4n) is 3.09. The SMILES string of the molecule is OC1=CC(O)=C(c2nc(-c3ccc(O)cc3O)nc(-c3ccc(O)cc3O)n2)CC1. The molecular formula is C21H17N3O6. The number of aromatic nitrogens is 3. The van der Waals surface area contributed by atoms with Crippen LogP contribution in [0.25, 0.3) is 28.3 Å². The number of nitrogens with zero attached hydrogens (tertiary/aromatic N) is 3. The standard InChI is InChI=1S/C21H17N3O6/c25-10-1-4-13(16(28)7-10)19-22-20(14-5-2-11(26)8-17(14)29)24-21(23-19)15-6-3-12(27)9-18(15)30/h1-2,4-5,7-9,25-30H,3,6H2. The molecule has 0 fully saturated rings. The highest BCUT2D eigenvalue weighted by molar-refractivity contribution is 5.74. The highest BCUT2D eigenvalue weighted by atomic mass is 16.3. The number of benzene rings is 2. The lowest BCUT2D eigenvalue weighted by molar-refractivity contribution is 0.367. The molecule has 0 bridgehead atoms. The second kappa shape index (κ2) is 7.28. The minimum Gasteiger partial charge on any atom is -0.512 e. The van der Waals surface area contributed by atoms with Gasteiger partial charge in [-0.1, -0.05) is 0 Å². The van der Waals surface area contributed by atoms with Crippen LogP contribution in [0.4, 0.5) is 0 Å². The smallest absolute Gasteiger partial charge is 0.167 e. The third kappa shape index (κ3) is 3.55. The third-order valence-electron chi connectivity index (χ3n) is 4.59. The van der Waals surface area contributed by atoms with Crippen LogP contribution in [0.5, 0.6) is 23.0 Å². The Hall–Kier alpha value is -4.27. The van der Waals surface area contributed by atoms with Crippen molar-refractivity contribution in [3.63, 3.8) is 0 Å². The summed E-state index contributed by atoms with van der Waals surface area (Å²) in [4.78, 5) is 13.0. The lowest BCUT2D eigenvalue weighted by atomic mass is 10.0. The molecule has 4 rings (SSSR count). The van der Waals surface area contributed by atoms with Crippen LogP contribution < -0.4 is 0 Å². The van der Waals surface area contributed by atoms with Crippen LogP contribution in [0.15, 0.2) is 54.0 Å². The first-order chi connectivity index (χ1) is 14.3. The number of allylic oxidation sites excluding steroid dienone is 3. The second-order valence-electron chi connectivity index (χ2n) is 6.71. The second-order valence-corrected chi connectivity index (χ2v) is 6.71. The molecule has 1 heterocycles. The number of phenols is 4. The summed E-state index contributed by atoms with van der Waals surface area (Å²) >= 11 is 0. The Kier molecular flexibility index (Phi) is 4.63. The van der Waals surface area contributed by atoms with Gasteiger partial charge in [-0.25, -0.2) is 15.0 Å². The van der Waals surface area contributed by atoms with Gasteiger partial charge in [0.2, 0.25) is 0 Å². The van der Waals surface area contributed by atoms with Gasteiger partial charge in [-0.05, 0) is 30.7 Å². The van der Waals surface area contributed by atoms with Crippen LogP contribution in [0.2, 0.25) is 0 Å². The molecule has 9 heteroatoms. The molecule has 3 aromatic rings. The van der Waals surface area contributed by atoms with E-state index in [1.807, 2.05) is 0 Å². The van der Waals surface area contributed by atoms with Crippen molar-refractivity contribution in [2.45, 2.75) is 12.8 Å². The van der Waals surface area contributed by atoms with Gasteiger partial charge >= 0.3 is 0 Å². The largest absolute Gasteiger partial charge is 0.512 e. The molecule has 30 heavy (non-hydrogen) atoms. The summed E-state index contributed by atoms with van der Waals surface area (Å²) in [6.07, 6.45) is 1.75. The Bertz CT molecular complexity index is 1150. The van der Waals surface area contributed by atoms with Crippen molar-refractivity contribution in [3.05, 3.63) is 59.8 Å². The number of hydrogen-bond acceptors (Lipinski definition) is 9. The van der Waals surface area contributed by atoms with E-state index in [-0.39, 0.29) is 76.0 Å². The monoisotopic (exact) mass is 407 g/mol. The van der Waals surface area contributed by atoms with Crippen LogP contribution in [-0.2, 0) is 0 Å². The zero-order valence-electron chi connectivity index (χ0n) is 15.5. The predicted molar refractivity (Wildman–Crippen MR) is 107 cm³/mol. The highest BCUT2D eigenvalue weighted by Gasteiger charge is 2.21. The van der Waals surface area contributed by atoms with Gasteiger partial charge in [-0.15, -0.1) is 0 Å². The molecule has 0 unspecified atom stereocenters. The van der Waals surface area contributed by atoms with Crippen LogP contribution >= 0.6 is 0 Å².